The average Bonchev–Trinajstić information content (AvgIpc) is 2.64. The van der Waals surface area contributed by atoms with E-state index in [-0.39, 0.29) is 23.8 Å². The molecule has 0 atom stereocenters. The Balaban J connectivity index is 1.59. The van der Waals surface area contributed by atoms with E-state index in [1.54, 1.807) is 25.1 Å². The first-order valence-electron chi connectivity index (χ1n) is 8.21. The normalized spacial score (nSPS) is 10.5. The molecule has 1 heterocycles. The molecule has 2 aromatic carbocycles. The maximum atomic E-state index is 12.0. The number of aryl methyl sites for hydroxylation is 1. The van der Waals surface area contributed by atoms with Gasteiger partial charge in [-0.05, 0) is 41.8 Å². The molecule has 3 rings (SSSR count). The highest BCUT2D eigenvalue weighted by molar-refractivity contribution is 5.75. The van der Waals surface area contributed by atoms with Crippen molar-refractivity contribution in [2.75, 3.05) is 0 Å². The second-order valence-electron chi connectivity index (χ2n) is 5.99. The van der Waals surface area contributed by atoms with Gasteiger partial charge >= 0.3 is 0 Å². The van der Waals surface area contributed by atoms with Crippen LogP contribution >= 0.6 is 0 Å². The lowest BCUT2D eigenvalue weighted by Gasteiger charge is -2.08. The van der Waals surface area contributed by atoms with E-state index >= 15 is 0 Å². The molecule has 6 heteroatoms. The first kappa shape index (κ1) is 17.4. The van der Waals surface area contributed by atoms with Crippen molar-refractivity contribution in [3.8, 4) is 16.9 Å². The third-order valence-electron chi connectivity index (χ3n) is 3.94. The number of nitrogens with one attached hydrogen (secondary N) is 1. The Labute approximate surface area is 150 Å². The molecule has 0 saturated carbocycles. The summed E-state index contributed by atoms with van der Waals surface area (Å²) in [5, 5.41) is 16.2. The van der Waals surface area contributed by atoms with Crippen LogP contribution in [0.15, 0.2) is 65.5 Å². The number of phenols is 1. The molecular formula is C20H19N3O3. The van der Waals surface area contributed by atoms with Gasteiger partial charge in [-0.25, -0.2) is 4.68 Å². The van der Waals surface area contributed by atoms with Crippen LogP contribution in [0.5, 0.6) is 5.75 Å². The zero-order valence-electron chi connectivity index (χ0n) is 14.3. The third kappa shape index (κ3) is 4.36. The van der Waals surface area contributed by atoms with Crippen LogP contribution in [0, 0.1) is 6.92 Å². The molecule has 2 N–H and O–H groups in total. The second-order valence-corrected chi connectivity index (χ2v) is 5.99. The lowest BCUT2D eigenvalue weighted by Crippen LogP contribution is -2.33. The number of nitrogens with zero attached hydrogens (tertiary/aromatic N) is 2. The Hall–Kier alpha value is -3.41. The molecule has 0 aliphatic rings. The van der Waals surface area contributed by atoms with Gasteiger partial charge in [-0.2, -0.15) is 5.10 Å². The van der Waals surface area contributed by atoms with Crippen LogP contribution < -0.4 is 10.9 Å². The molecule has 132 valence electrons. The standard InChI is InChI=1S/C20H19N3O3/c1-14-2-11-20(26)23(22-14)13-19(25)21-12-15-3-5-16(6-4-15)17-7-9-18(24)10-8-17/h2-11,24H,12-13H2,1H3,(H,21,25). The number of rotatable bonds is 5. The van der Waals surface area contributed by atoms with E-state index in [2.05, 4.69) is 10.4 Å². The summed E-state index contributed by atoms with van der Waals surface area (Å²) in [5.41, 5.74) is 3.36. The largest absolute Gasteiger partial charge is 0.508 e. The van der Waals surface area contributed by atoms with Crippen molar-refractivity contribution in [2.24, 2.45) is 0 Å². The van der Waals surface area contributed by atoms with E-state index < -0.39 is 0 Å². The molecule has 0 bridgehead atoms. The number of aromatic nitrogens is 2. The van der Waals surface area contributed by atoms with E-state index in [4.69, 9.17) is 0 Å². The van der Waals surface area contributed by atoms with Crippen LogP contribution in [-0.2, 0) is 17.9 Å². The molecule has 1 aromatic heterocycles. The highest BCUT2D eigenvalue weighted by Crippen LogP contribution is 2.22. The highest BCUT2D eigenvalue weighted by Gasteiger charge is 2.06. The van der Waals surface area contributed by atoms with Crippen LogP contribution in [0.25, 0.3) is 11.1 Å². The molecule has 0 spiro atoms. The summed E-state index contributed by atoms with van der Waals surface area (Å²) >= 11 is 0. The van der Waals surface area contributed by atoms with Gasteiger partial charge in [-0.15, -0.1) is 0 Å². The van der Waals surface area contributed by atoms with Gasteiger partial charge in [0.2, 0.25) is 5.91 Å². The van der Waals surface area contributed by atoms with Crippen molar-refractivity contribution in [1.82, 2.24) is 15.1 Å². The fourth-order valence-corrected chi connectivity index (χ4v) is 2.53. The summed E-state index contributed by atoms with van der Waals surface area (Å²) in [7, 11) is 0. The van der Waals surface area contributed by atoms with E-state index in [9.17, 15) is 14.7 Å². The van der Waals surface area contributed by atoms with Crippen LogP contribution in [-0.4, -0.2) is 20.8 Å². The summed E-state index contributed by atoms with van der Waals surface area (Å²) in [5.74, 6) is -0.0388. The van der Waals surface area contributed by atoms with Crippen LogP contribution in [0.1, 0.15) is 11.3 Å². The lowest BCUT2D eigenvalue weighted by atomic mass is 10.0. The van der Waals surface area contributed by atoms with Crippen molar-refractivity contribution < 1.29 is 9.90 Å². The number of hydrogen-bond acceptors (Lipinski definition) is 4. The minimum atomic E-state index is -0.302. The van der Waals surface area contributed by atoms with Gasteiger partial charge in [0, 0.05) is 12.6 Å². The smallest absolute Gasteiger partial charge is 0.267 e. The first-order chi connectivity index (χ1) is 12.5. The molecule has 0 saturated heterocycles. The van der Waals surface area contributed by atoms with Gasteiger partial charge in [0.05, 0.1) is 5.69 Å². The van der Waals surface area contributed by atoms with Crippen LogP contribution in [0.4, 0.5) is 0 Å². The molecule has 6 nitrogen and oxygen atoms in total. The van der Waals surface area contributed by atoms with E-state index in [1.165, 1.54) is 6.07 Å². The fraction of sp³-hybridized carbons (Fsp3) is 0.150. The number of benzene rings is 2. The van der Waals surface area contributed by atoms with Crippen molar-refractivity contribution in [3.63, 3.8) is 0 Å². The summed E-state index contributed by atoms with van der Waals surface area (Å²) in [4.78, 5) is 23.7. The molecule has 0 aliphatic heterocycles. The topological polar surface area (TPSA) is 84.2 Å². The minimum absolute atomic E-state index is 0.105. The summed E-state index contributed by atoms with van der Waals surface area (Å²) < 4.78 is 1.15. The predicted octanol–water partition coefficient (Wildman–Crippen LogP) is 2.24. The van der Waals surface area contributed by atoms with Gasteiger partial charge in [0.1, 0.15) is 12.3 Å². The van der Waals surface area contributed by atoms with Gasteiger partial charge in [0.25, 0.3) is 5.56 Å². The maximum absolute atomic E-state index is 12.0. The number of phenolic OH excluding ortho intramolecular Hbond substituents is 1. The number of carbonyl (C=O) groups excluding carboxylic acids is 1. The van der Waals surface area contributed by atoms with Crippen LogP contribution in [0.2, 0.25) is 0 Å². The Morgan fingerprint density at radius 2 is 1.62 bits per heavy atom. The summed E-state index contributed by atoms with van der Waals surface area (Å²) in [6.45, 7) is 2.03. The molecule has 0 fully saturated rings. The second kappa shape index (κ2) is 7.65. The van der Waals surface area contributed by atoms with Gasteiger partial charge < -0.3 is 10.4 Å². The fourth-order valence-electron chi connectivity index (χ4n) is 2.53. The minimum Gasteiger partial charge on any atom is -0.508 e. The summed E-state index contributed by atoms with van der Waals surface area (Å²) in [6.07, 6.45) is 0. The van der Waals surface area contributed by atoms with Crippen molar-refractivity contribution in [3.05, 3.63) is 82.3 Å². The average molecular weight is 349 g/mol. The van der Waals surface area contributed by atoms with E-state index in [0.717, 1.165) is 21.4 Å². The van der Waals surface area contributed by atoms with E-state index in [1.807, 2.05) is 36.4 Å². The Kier molecular flexibility index (Phi) is 5.12. The number of amides is 1. The number of hydrogen-bond donors (Lipinski definition) is 2. The predicted molar refractivity (Wildman–Crippen MR) is 98.6 cm³/mol. The SMILES string of the molecule is Cc1ccc(=O)n(CC(=O)NCc2ccc(-c3ccc(O)cc3)cc2)n1. The molecule has 1 amide bonds. The molecule has 0 radical (unpaired) electrons. The molecule has 3 aromatic rings. The number of aromatic hydroxyl groups is 1. The quantitative estimate of drug-likeness (QED) is 0.740. The molecule has 0 unspecified atom stereocenters. The van der Waals surface area contributed by atoms with E-state index in [0.29, 0.717) is 12.2 Å². The van der Waals surface area contributed by atoms with Crippen LogP contribution in [0.3, 0.4) is 0 Å². The van der Waals surface area contributed by atoms with Crippen molar-refractivity contribution in [2.45, 2.75) is 20.0 Å². The Morgan fingerprint density at radius 1 is 1.00 bits per heavy atom. The highest BCUT2D eigenvalue weighted by atomic mass is 16.3. The van der Waals surface area contributed by atoms with Gasteiger partial charge in [-0.1, -0.05) is 36.4 Å². The lowest BCUT2D eigenvalue weighted by molar-refractivity contribution is -0.122. The van der Waals surface area contributed by atoms with Crippen molar-refractivity contribution in [1.29, 1.82) is 0 Å². The zero-order valence-corrected chi connectivity index (χ0v) is 14.3. The third-order valence-corrected chi connectivity index (χ3v) is 3.94. The Morgan fingerprint density at radius 3 is 2.27 bits per heavy atom. The monoisotopic (exact) mass is 349 g/mol. The number of carbonyl (C=O) groups is 1. The Bertz CT molecular complexity index is 961. The summed E-state index contributed by atoms with van der Waals surface area (Å²) in [6, 6.07) is 17.8. The molecular weight excluding hydrogens is 330 g/mol. The molecule has 26 heavy (non-hydrogen) atoms. The molecule has 0 aliphatic carbocycles. The van der Waals surface area contributed by atoms with Gasteiger partial charge in [0.15, 0.2) is 0 Å². The van der Waals surface area contributed by atoms with Crippen molar-refractivity contribution >= 4 is 5.91 Å². The zero-order chi connectivity index (χ0) is 18.5. The maximum Gasteiger partial charge on any atom is 0.267 e. The van der Waals surface area contributed by atoms with Gasteiger partial charge in [-0.3, -0.25) is 9.59 Å². The first-order valence-corrected chi connectivity index (χ1v) is 8.21.